The minimum Gasteiger partial charge on any atom is -0.508 e. The fourth-order valence-corrected chi connectivity index (χ4v) is 2.60. The SMILES string of the molecule is CCCCN(CCBr)c1nccc2ccc(O)cc12. The first-order valence-electron chi connectivity index (χ1n) is 6.65. The summed E-state index contributed by atoms with van der Waals surface area (Å²) in [6.45, 7) is 4.10. The molecule has 1 N–H and O–H groups in total. The molecule has 0 saturated carbocycles. The molecule has 1 aromatic heterocycles. The molecule has 2 aromatic rings. The number of anilines is 1. The fourth-order valence-electron chi connectivity index (χ4n) is 2.17. The second-order valence-electron chi connectivity index (χ2n) is 4.57. The Bertz CT molecular complexity index is 545. The van der Waals surface area contributed by atoms with Gasteiger partial charge in [0.2, 0.25) is 0 Å². The molecule has 1 aromatic carbocycles. The first-order chi connectivity index (χ1) is 9.26. The number of phenols is 1. The zero-order chi connectivity index (χ0) is 13.7. The van der Waals surface area contributed by atoms with Crippen LogP contribution in [0.5, 0.6) is 5.75 Å². The summed E-state index contributed by atoms with van der Waals surface area (Å²) in [5.41, 5.74) is 0. The highest BCUT2D eigenvalue weighted by Crippen LogP contribution is 2.27. The summed E-state index contributed by atoms with van der Waals surface area (Å²) >= 11 is 3.50. The van der Waals surface area contributed by atoms with Crippen molar-refractivity contribution in [3.63, 3.8) is 0 Å². The normalized spacial score (nSPS) is 10.8. The minimum absolute atomic E-state index is 0.288. The van der Waals surface area contributed by atoms with Gasteiger partial charge in [0.15, 0.2) is 0 Å². The van der Waals surface area contributed by atoms with Crippen LogP contribution < -0.4 is 4.90 Å². The van der Waals surface area contributed by atoms with Gasteiger partial charge in [-0.15, -0.1) is 0 Å². The number of unbranched alkanes of at least 4 members (excludes halogenated alkanes) is 1. The molecular weight excluding hydrogens is 304 g/mol. The van der Waals surface area contributed by atoms with Crippen LogP contribution in [0.1, 0.15) is 19.8 Å². The second kappa shape index (κ2) is 6.75. The van der Waals surface area contributed by atoms with E-state index in [1.165, 1.54) is 0 Å². The largest absolute Gasteiger partial charge is 0.508 e. The average Bonchev–Trinajstić information content (AvgIpc) is 2.43. The number of nitrogens with zero attached hydrogens (tertiary/aromatic N) is 2. The highest BCUT2D eigenvalue weighted by molar-refractivity contribution is 9.09. The van der Waals surface area contributed by atoms with Crippen molar-refractivity contribution in [2.75, 3.05) is 23.3 Å². The molecule has 102 valence electrons. The van der Waals surface area contributed by atoms with Crippen LogP contribution >= 0.6 is 15.9 Å². The first-order valence-corrected chi connectivity index (χ1v) is 7.77. The average molecular weight is 323 g/mol. The third-order valence-electron chi connectivity index (χ3n) is 3.16. The molecule has 0 spiro atoms. The number of aromatic nitrogens is 1. The van der Waals surface area contributed by atoms with Gasteiger partial charge in [0.05, 0.1) is 0 Å². The van der Waals surface area contributed by atoms with Crippen LogP contribution in [0.2, 0.25) is 0 Å². The monoisotopic (exact) mass is 322 g/mol. The molecule has 0 bridgehead atoms. The molecule has 4 heteroatoms. The quantitative estimate of drug-likeness (QED) is 0.818. The van der Waals surface area contributed by atoms with Crippen LogP contribution in [0.3, 0.4) is 0 Å². The fraction of sp³-hybridized carbons (Fsp3) is 0.400. The minimum atomic E-state index is 0.288. The van der Waals surface area contributed by atoms with Crippen molar-refractivity contribution < 1.29 is 5.11 Å². The summed E-state index contributed by atoms with van der Waals surface area (Å²) < 4.78 is 0. The molecule has 3 nitrogen and oxygen atoms in total. The topological polar surface area (TPSA) is 36.4 Å². The van der Waals surface area contributed by atoms with Crippen molar-refractivity contribution in [2.24, 2.45) is 0 Å². The smallest absolute Gasteiger partial charge is 0.136 e. The van der Waals surface area contributed by atoms with Gasteiger partial charge in [0, 0.05) is 30.0 Å². The Kier molecular flexibility index (Phi) is 5.02. The van der Waals surface area contributed by atoms with Crippen LogP contribution in [0.25, 0.3) is 10.8 Å². The molecule has 0 aliphatic carbocycles. The number of hydrogen-bond acceptors (Lipinski definition) is 3. The van der Waals surface area contributed by atoms with Crippen LogP contribution in [-0.4, -0.2) is 28.5 Å². The van der Waals surface area contributed by atoms with E-state index in [-0.39, 0.29) is 5.75 Å². The molecule has 0 unspecified atom stereocenters. The van der Waals surface area contributed by atoms with E-state index < -0.39 is 0 Å². The molecule has 19 heavy (non-hydrogen) atoms. The maximum Gasteiger partial charge on any atom is 0.136 e. The van der Waals surface area contributed by atoms with Gasteiger partial charge in [0.1, 0.15) is 11.6 Å². The Hall–Kier alpha value is -1.29. The molecule has 0 aliphatic rings. The Morgan fingerprint density at radius 3 is 2.84 bits per heavy atom. The van der Waals surface area contributed by atoms with E-state index in [0.29, 0.717) is 0 Å². The Morgan fingerprint density at radius 1 is 1.26 bits per heavy atom. The summed E-state index contributed by atoms with van der Waals surface area (Å²) in [6, 6.07) is 7.42. The van der Waals surface area contributed by atoms with Gasteiger partial charge in [-0.25, -0.2) is 4.98 Å². The number of pyridine rings is 1. The summed E-state index contributed by atoms with van der Waals surface area (Å²) in [5.74, 6) is 1.25. The van der Waals surface area contributed by atoms with E-state index in [4.69, 9.17) is 0 Å². The maximum absolute atomic E-state index is 9.69. The van der Waals surface area contributed by atoms with Gasteiger partial charge in [-0.1, -0.05) is 35.3 Å². The molecule has 0 fully saturated rings. The maximum atomic E-state index is 9.69. The van der Waals surface area contributed by atoms with Crippen molar-refractivity contribution in [3.8, 4) is 5.75 Å². The Morgan fingerprint density at radius 2 is 2.11 bits per heavy atom. The lowest BCUT2D eigenvalue weighted by Crippen LogP contribution is -2.27. The standard InChI is InChI=1S/C15H19BrN2O/c1-2-3-9-18(10-7-16)15-14-11-13(19)5-4-12(14)6-8-17-15/h4-6,8,11,19H,2-3,7,9-10H2,1H3. The highest BCUT2D eigenvalue weighted by atomic mass is 79.9. The molecule has 0 saturated heterocycles. The second-order valence-corrected chi connectivity index (χ2v) is 5.36. The molecule has 0 amide bonds. The summed E-state index contributed by atoms with van der Waals surface area (Å²) in [7, 11) is 0. The molecule has 0 aliphatic heterocycles. The molecule has 0 radical (unpaired) electrons. The Balaban J connectivity index is 2.42. The lowest BCUT2D eigenvalue weighted by molar-refractivity contribution is 0.476. The number of benzene rings is 1. The van der Waals surface area contributed by atoms with Crippen LogP contribution in [0, 0.1) is 0 Å². The van der Waals surface area contributed by atoms with Crippen LogP contribution in [-0.2, 0) is 0 Å². The number of fused-ring (bicyclic) bond motifs is 1. The van der Waals surface area contributed by atoms with Gasteiger partial charge in [-0.2, -0.15) is 0 Å². The Labute approximate surface area is 122 Å². The number of alkyl halides is 1. The van der Waals surface area contributed by atoms with E-state index in [1.54, 1.807) is 12.1 Å². The highest BCUT2D eigenvalue weighted by Gasteiger charge is 2.11. The van der Waals surface area contributed by atoms with Crippen molar-refractivity contribution in [1.29, 1.82) is 0 Å². The van der Waals surface area contributed by atoms with Crippen LogP contribution in [0.4, 0.5) is 5.82 Å². The predicted octanol–water partition coefficient (Wildman–Crippen LogP) is 3.94. The van der Waals surface area contributed by atoms with Crippen molar-refractivity contribution in [3.05, 3.63) is 30.5 Å². The van der Waals surface area contributed by atoms with Crippen LogP contribution in [0.15, 0.2) is 30.5 Å². The van der Waals surface area contributed by atoms with E-state index in [1.807, 2.05) is 18.3 Å². The number of phenolic OH excluding ortho intramolecular Hbond substituents is 1. The van der Waals surface area contributed by atoms with Crippen molar-refractivity contribution >= 4 is 32.5 Å². The molecule has 2 rings (SSSR count). The summed E-state index contributed by atoms with van der Waals surface area (Å²) in [5, 5.41) is 12.7. The number of aromatic hydroxyl groups is 1. The van der Waals surface area contributed by atoms with Gasteiger partial charge in [-0.05, 0) is 30.0 Å². The van der Waals surface area contributed by atoms with E-state index in [0.717, 1.165) is 47.9 Å². The van der Waals surface area contributed by atoms with Crippen molar-refractivity contribution in [2.45, 2.75) is 19.8 Å². The lowest BCUT2D eigenvalue weighted by Gasteiger charge is -2.24. The molecular formula is C15H19BrN2O. The number of halogens is 1. The summed E-state index contributed by atoms with van der Waals surface area (Å²) in [4.78, 5) is 6.79. The van der Waals surface area contributed by atoms with Gasteiger partial charge in [0.25, 0.3) is 0 Å². The lowest BCUT2D eigenvalue weighted by atomic mass is 10.1. The van der Waals surface area contributed by atoms with Gasteiger partial charge in [-0.3, -0.25) is 0 Å². The zero-order valence-electron chi connectivity index (χ0n) is 11.1. The van der Waals surface area contributed by atoms with Gasteiger partial charge < -0.3 is 10.0 Å². The predicted molar refractivity (Wildman–Crippen MR) is 84.3 cm³/mol. The van der Waals surface area contributed by atoms with E-state index in [9.17, 15) is 5.11 Å². The first kappa shape index (κ1) is 14.1. The third-order valence-corrected chi connectivity index (χ3v) is 3.52. The number of hydrogen-bond donors (Lipinski definition) is 1. The molecule has 0 atom stereocenters. The zero-order valence-corrected chi connectivity index (χ0v) is 12.7. The van der Waals surface area contributed by atoms with Gasteiger partial charge >= 0.3 is 0 Å². The van der Waals surface area contributed by atoms with E-state index >= 15 is 0 Å². The van der Waals surface area contributed by atoms with E-state index in [2.05, 4.69) is 32.7 Å². The van der Waals surface area contributed by atoms with Crippen molar-refractivity contribution in [1.82, 2.24) is 4.98 Å². The molecule has 1 heterocycles. The summed E-state index contributed by atoms with van der Waals surface area (Å²) in [6.07, 6.45) is 4.14. The number of rotatable bonds is 6. The third kappa shape index (κ3) is 3.38.